The highest BCUT2D eigenvalue weighted by Crippen LogP contribution is 2.28. The summed E-state index contributed by atoms with van der Waals surface area (Å²) < 4.78 is 0. The van der Waals surface area contributed by atoms with Gasteiger partial charge in [0.05, 0.1) is 5.02 Å². The second-order valence-electron chi connectivity index (χ2n) is 5.02. The number of hydrogen-bond donors (Lipinski definition) is 1. The quantitative estimate of drug-likeness (QED) is 0.740. The Hall–Kier alpha value is -0.730. The summed E-state index contributed by atoms with van der Waals surface area (Å²) in [6.45, 7) is 8.41. The third-order valence-corrected chi connectivity index (χ3v) is 3.53. The zero-order chi connectivity index (χ0) is 13.5. The van der Waals surface area contributed by atoms with Crippen LogP contribution in [0.4, 0.5) is 0 Å². The van der Waals surface area contributed by atoms with Crippen LogP contribution in [-0.4, -0.2) is 22.6 Å². The Labute approximate surface area is 116 Å². The SMILES string of the molecule is CCCCCN(Cc1cccc(Cl)c1O)C(C)C. The number of benzene rings is 1. The molecule has 0 radical (unpaired) electrons. The molecule has 1 aromatic carbocycles. The maximum atomic E-state index is 9.94. The van der Waals surface area contributed by atoms with E-state index < -0.39 is 0 Å². The molecule has 2 nitrogen and oxygen atoms in total. The summed E-state index contributed by atoms with van der Waals surface area (Å²) in [5.41, 5.74) is 0.910. The Morgan fingerprint density at radius 3 is 2.61 bits per heavy atom. The van der Waals surface area contributed by atoms with Crippen LogP contribution in [0.3, 0.4) is 0 Å². The van der Waals surface area contributed by atoms with Crippen molar-refractivity contribution >= 4 is 11.6 Å². The second kappa shape index (κ2) is 7.65. The molecule has 0 bridgehead atoms. The lowest BCUT2D eigenvalue weighted by atomic mass is 10.1. The van der Waals surface area contributed by atoms with E-state index in [2.05, 4.69) is 25.7 Å². The van der Waals surface area contributed by atoms with Crippen LogP contribution in [0.5, 0.6) is 5.75 Å². The molecule has 0 atom stereocenters. The fourth-order valence-electron chi connectivity index (χ4n) is 1.99. The van der Waals surface area contributed by atoms with Crippen molar-refractivity contribution in [2.75, 3.05) is 6.54 Å². The number of aromatic hydroxyl groups is 1. The number of hydrogen-bond acceptors (Lipinski definition) is 2. The predicted octanol–water partition coefficient (Wildman–Crippen LogP) is 4.45. The van der Waals surface area contributed by atoms with Crippen molar-refractivity contribution in [2.45, 2.75) is 52.6 Å². The van der Waals surface area contributed by atoms with Crippen LogP contribution in [0, 0.1) is 0 Å². The van der Waals surface area contributed by atoms with Crippen molar-refractivity contribution in [3.05, 3.63) is 28.8 Å². The highest BCUT2D eigenvalue weighted by Gasteiger charge is 2.13. The number of phenolic OH excluding ortho intramolecular Hbond substituents is 1. The molecule has 1 rings (SSSR count). The minimum absolute atomic E-state index is 0.223. The van der Waals surface area contributed by atoms with E-state index in [9.17, 15) is 5.11 Å². The molecule has 0 amide bonds. The summed E-state index contributed by atoms with van der Waals surface area (Å²) in [5, 5.41) is 10.4. The van der Waals surface area contributed by atoms with Crippen molar-refractivity contribution in [1.29, 1.82) is 0 Å². The Bertz CT molecular complexity index is 366. The first-order valence-corrected chi connectivity index (χ1v) is 7.14. The van der Waals surface area contributed by atoms with Gasteiger partial charge in [-0.3, -0.25) is 4.90 Å². The van der Waals surface area contributed by atoms with Gasteiger partial charge in [0.1, 0.15) is 5.75 Å². The molecule has 102 valence electrons. The van der Waals surface area contributed by atoms with Crippen molar-refractivity contribution in [3.8, 4) is 5.75 Å². The van der Waals surface area contributed by atoms with E-state index in [0.29, 0.717) is 11.1 Å². The first kappa shape index (κ1) is 15.3. The Morgan fingerprint density at radius 1 is 1.28 bits per heavy atom. The van der Waals surface area contributed by atoms with Gasteiger partial charge in [0.2, 0.25) is 0 Å². The molecule has 0 saturated carbocycles. The number of phenols is 1. The number of halogens is 1. The molecule has 0 aliphatic carbocycles. The standard InChI is InChI=1S/C15H24ClNO/c1-4-5-6-10-17(12(2)3)11-13-8-7-9-14(16)15(13)18/h7-9,12,18H,4-6,10-11H2,1-3H3. The van der Waals surface area contributed by atoms with Gasteiger partial charge in [-0.05, 0) is 32.9 Å². The number of nitrogens with zero attached hydrogens (tertiary/aromatic N) is 1. The topological polar surface area (TPSA) is 23.5 Å². The van der Waals surface area contributed by atoms with E-state index in [1.165, 1.54) is 19.3 Å². The predicted molar refractivity (Wildman–Crippen MR) is 78.2 cm³/mol. The zero-order valence-corrected chi connectivity index (χ0v) is 12.4. The van der Waals surface area contributed by atoms with E-state index in [1.54, 1.807) is 6.07 Å². The fraction of sp³-hybridized carbons (Fsp3) is 0.600. The molecule has 1 N–H and O–H groups in total. The molecule has 0 fully saturated rings. The molecule has 0 spiro atoms. The smallest absolute Gasteiger partial charge is 0.138 e. The lowest BCUT2D eigenvalue weighted by molar-refractivity contribution is 0.206. The van der Waals surface area contributed by atoms with E-state index >= 15 is 0 Å². The summed E-state index contributed by atoms with van der Waals surface area (Å²) >= 11 is 5.94. The van der Waals surface area contributed by atoms with Gasteiger partial charge < -0.3 is 5.11 Å². The van der Waals surface area contributed by atoms with Crippen molar-refractivity contribution in [1.82, 2.24) is 4.90 Å². The zero-order valence-electron chi connectivity index (χ0n) is 11.6. The van der Waals surface area contributed by atoms with Crippen LogP contribution in [0.2, 0.25) is 5.02 Å². The van der Waals surface area contributed by atoms with Crippen LogP contribution < -0.4 is 0 Å². The van der Waals surface area contributed by atoms with Gasteiger partial charge in [-0.2, -0.15) is 0 Å². The summed E-state index contributed by atoms with van der Waals surface area (Å²) in [4.78, 5) is 2.38. The van der Waals surface area contributed by atoms with Gasteiger partial charge in [0, 0.05) is 18.2 Å². The summed E-state index contributed by atoms with van der Waals surface area (Å²) in [5.74, 6) is 0.223. The molecule has 1 aromatic rings. The van der Waals surface area contributed by atoms with E-state index in [4.69, 9.17) is 11.6 Å². The molecule has 3 heteroatoms. The van der Waals surface area contributed by atoms with Gasteiger partial charge in [-0.1, -0.05) is 43.5 Å². The average molecular weight is 270 g/mol. The molecule has 18 heavy (non-hydrogen) atoms. The van der Waals surface area contributed by atoms with Crippen LogP contribution in [-0.2, 0) is 6.54 Å². The third-order valence-electron chi connectivity index (χ3n) is 3.22. The summed E-state index contributed by atoms with van der Waals surface area (Å²) in [7, 11) is 0. The molecule has 0 heterocycles. The summed E-state index contributed by atoms with van der Waals surface area (Å²) in [6, 6.07) is 6.02. The van der Waals surface area contributed by atoms with E-state index in [0.717, 1.165) is 18.7 Å². The first-order chi connectivity index (χ1) is 8.56. The molecular weight excluding hydrogens is 246 g/mol. The monoisotopic (exact) mass is 269 g/mol. The maximum Gasteiger partial charge on any atom is 0.138 e. The highest BCUT2D eigenvalue weighted by atomic mass is 35.5. The molecule has 0 saturated heterocycles. The second-order valence-corrected chi connectivity index (χ2v) is 5.43. The Balaban J connectivity index is 2.68. The molecular formula is C15H24ClNO. The first-order valence-electron chi connectivity index (χ1n) is 6.76. The van der Waals surface area contributed by atoms with Crippen LogP contribution >= 0.6 is 11.6 Å². The number of unbranched alkanes of at least 4 members (excludes halogenated alkanes) is 2. The van der Waals surface area contributed by atoms with Crippen molar-refractivity contribution in [3.63, 3.8) is 0 Å². The Morgan fingerprint density at radius 2 is 2.00 bits per heavy atom. The van der Waals surface area contributed by atoms with E-state index in [-0.39, 0.29) is 5.75 Å². The maximum absolute atomic E-state index is 9.94. The number of rotatable bonds is 7. The lowest BCUT2D eigenvalue weighted by Gasteiger charge is -2.27. The number of para-hydroxylation sites is 1. The van der Waals surface area contributed by atoms with Gasteiger partial charge in [0.15, 0.2) is 0 Å². The van der Waals surface area contributed by atoms with Gasteiger partial charge in [-0.15, -0.1) is 0 Å². The van der Waals surface area contributed by atoms with Crippen LogP contribution in [0.1, 0.15) is 45.6 Å². The van der Waals surface area contributed by atoms with Crippen molar-refractivity contribution < 1.29 is 5.11 Å². The average Bonchev–Trinajstić information content (AvgIpc) is 2.33. The highest BCUT2D eigenvalue weighted by molar-refractivity contribution is 6.32. The molecule has 0 unspecified atom stereocenters. The van der Waals surface area contributed by atoms with Crippen LogP contribution in [0.25, 0.3) is 0 Å². The molecule has 0 aliphatic rings. The fourth-order valence-corrected chi connectivity index (χ4v) is 2.19. The lowest BCUT2D eigenvalue weighted by Crippen LogP contribution is -2.31. The third kappa shape index (κ3) is 4.51. The van der Waals surface area contributed by atoms with Crippen molar-refractivity contribution in [2.24, 2.45) is 0 Å². The molecule has 0 aliphatic heterocycles. The minimum atomic E-state index is 0.223. The summed E-state index contributed by atoms with van der Waals surface area (Å²) in [6.07, 6.45) is 3.69. The van der Waals surface area contributed by atoms with Crippen LogP contribution in [0.15, 0.2) is 18.2 Å². The van der Waals surface area contributed by atoms with Gasteiger partial charge in [0.25, 0.3) is 0 Å². The minimum Gasteiger partial charge on any atom is -0.506 e. The van der Waals surface area contributed by atoms with Gasteiger partial charge >= 0.3 is 0 Å². The largest absolute Gasteiger partial charge is 0.506 e. The Kier molecular flexibility index (Phi) is 6.51. The van der Waals surface area contributed by atoms with Gasteiger partial charge in [-0.25, -0.2) is 0 Å². The molecule has 0 aromatic heterocycles. The normalized spacial score (nSPS) is 11.4. The van der Waals surface area contributed by atoms with E-state index in [1.807, 2.05) is 12.1 Å².